The Morgan fingerprint density at radius 2 is 1.86 bits per heavy atom. The molecule has 5 rings (SSSR count). The van der Waals surface area contributed by atoms with Crippen LogP contribution in [-0.4, -0.2) is 40.8 Å². The molecule has 1 atom stereocenters. The van der Waals surface area contributed by atoms with Crippen LogP contribution in [0, 0.1) is 12.8 Å². The van der Waals surface area contributed by atoms with Crippen molar-refractivity contribution in [3.8, 4) is 11.5 Å². The molecule has 37 heavy (non-hydrogen) atoms. The van der Waals surface area contributed by atoms with Crippen molar-refractivity contribution in [3.05, 3.63) is 84.1 Å². The van der Waals surface area contributed by atoms with Crippen molar-refractivity contribution >= 4 is 34.4 Å². The first-order valence-electron chi connectivity index (χ1n) is 12.1. The summed E-state index contributed by atoms with van der Waals surface area (Å²) in [7, 11) is 0. The predicted molar refractivity (Wildman–Crippen MR) is 140 cm³/mol. The second-order valence-electron chi connectivity index (χ2n) is 9.08. The number of hydrogen-bond donors (Lipinski definition) is 3. The molecule has 4 amide bonds. The number of nitrogens with zero attached hydrogens (tertiary/aromatic N) is 2. The number of nitrogens with one attached hydrogen (secondary N) is 3. The van der Waals surface area contributed by atoms with E-state index in [2.05, 4.69) is 21.2 Å². The zero-order valence-corrected chi connectivity index (χ0v) is 20.4. The van der Waals surface area contributed by atoms with Crippen LogP contribution in [0.1, 0.15) is 28.8 Å². The second kappa shape index (κ2) is 10.5. The predicted octanol–water partition coefficient (Wildman–Crippen LogP) is 4.51. The molecule has 188 valence electrons. The molecular formula is C28H27N5O4. The summed E-state index contributed by atoms with van der Waals surface area (Å²) in [5.41, 5.74) is 8.35. The van der Waals surface area contributed by atoms with E-state index in [1.54, 1.807) is 35.4 Å². The van der Waals surface area contributed by atoms with Gasteiger partial charge in [0.15, 0.2) is 5.76 Å². The molecule has 9 heteroatoms. The number of aryl methyl sites for hydroxylation is 1. The second-order valence-corrected chi connectivity index (χ2v) is 9.08. The summed E-state index contributed by atoms with van der Waals surface area (Å²) in [6, 6.07) is 19.7. The molecule has 0 aliphatic carbocycles. The number of amides is 4. The number of furan rings is 1. The van der Waals surface area contributed by atoms with Crippen LogP contribution in [0.5, 0.6) is 0 Å². The number of fused-ring (bicyclic) bond motifs is 1. The Morgan fingerprint density at radius 1 is 1.00 bits per heavy atom. The van der Waals surface area contributed by atoms with Gasteiger partial charge in [-0.15, -0.1) is 0 Å². The van der Waals surface area contributed by atoms with Crippen LogP contribution in [0.4, 0.5) is 10.5 Å². The molecule has 1 fully saturated rings. The lowest BCUT2D eigenvalue weighted by Crippen LogP contribution is -2.50. The van der Waals surface area contributed by atoms with E-state index in [1.165, 1.54) is 0 Å². The topological polar surface area (TPSA) is 117 Å². The Bertz CT molecular complexity index is 1450. The smallest absolute Gasteiger partial charge is 0.321 e. The van der Waals surface area contributed by atoms with Crippen molar-refractivity contribution in [2.75, 3.05) is 18.4 Å². The Balaban J connectivity index is 1.24. The first-order chi connectivity index (χ1) is 18.0. The lowest BCUT2D eigenvalue weighted by molar-refractivity contribution is -0.127. The zero-order valence-electron chi connectivity index (χ0n) is 20.4. The molecule has 1 saturated heterocycles. The number of aromatic nitrogens is 1. The van der Waals surface area contributed by atoms with Gasteiger partial charge in [0.25, 0.3) is 5.91 Å². The first kappa shape index (κ1) is 24.1. The molecule has 0 saturated carbocycles. The number of anilines is 1. The molecule has 0 bridgehead atoms. The largest absolute Gasteiger partial charge is 0.463 e. The lowest BCUT2D eigenvalue weighted by Gasteiger charge is -2.32. The number of piperidine rings is 1. The van der Waals surface area contributed by atoms with Crippen molar-refractivity contribution in [1.29, 1.82) is 0 Å². The highest BCUT2D eigenvalue weighted by Crippen LogP contribution is 2.25. The van der Waals surface area contributed by atoms with Crippen molar-refractivity contribution in [2.45, 2.75) is 19.8 Å². The Kier molecular flexibility index (Phi) is 6.85. The highest BCUT2D eigenvalue weighted by Gasteiger charge is 2.29. The molecule has 2 aromatic heterocycles. The highest BCUT2D eigenvalue weighted by atomic mass is 16.3. The minimum absolute atomic E-state index is 0.249. The molecule has 3 heterocycles. The van der Waals surface area contributed by atoms with Crippen molar-refractivity contribution < 1.29 is 18.8 Å². The van der Waals surface area contributed by atoms with E-state index in [0.717, 1.165) is 5.56 Å². The number of likely N-dealkylation sites (tertiary alicyclic amines) is 1. The number of benzene rings is 2. The standard InChI is InChI=1S/C28H27N5O4/c1-18-7-4-9-20(15-18)29-28(36)33-13-5-8-19(17-33)26(34)31-32-27(35)22-16-24(25-12-6-14-37-25)30-23-11-3-2-10-21(22)23/h2-4,6-7,9-12,14-16,19H,5,8,13,17H2,1H3,(H,29,36)(H,31,34)(H,32,35). The average Bonchev–Trinajstić information content (AvgIpc) is 3.46. The van der Waals surface area contributed by atoms with Crippen molar-refractivity contribution in [2.24, 2.45) is 5.92 Å². The maximum atomic E-state index is 13.1. The van der Waals surface area contributed by atoms with Gasteiger partial charge in [-0.3, -0.25) is 20.4 Å². The van der Waals surface area contributed by atoms with Gasteiger partial charge >= 0.3 is 6.03 Å². The molecule has 2 aromatic carbocycles. The fraction of sp³-hybridized carbons (Fsp3) is 0.214. The van der Waals surface area contributed by atoms with Gasteiger partial charge in [-0.25, -0.2) is 9.78 Å². The summed E-state index contributed by atoms with van der Waals surface area (Å²) in [5.74, 6) is -0.712. The van der Waals surface area contributed by atoms with E-state index in [1.807, 2.05) is 49.4 Å². The summed E-state index contributed by atoms with van der Waals surface area (Å²) < 4.78 is 5.45. The van der Waals surface area contributed by atoms with E-state index in [-0.39, 0.29) is 18.5 Å². The minimum Gasteiger partial charge on any atom is -0.463 e. The summed E-state index contributed by atoms with van der Waals surface area (Å²) in [6.45, 7) is 2.78. The summed E-state index contributed by atoms with van der Waals surface area (Å²) >= 11 is 0. The SMILES string of the molecule is Cc1cccc(NC(=O)N2CCCC(C(=O)NNC(=O)c3cc(-c4ccco4)nc4ccccc34)C2)c1. The van der Waals surface area contributed by atoms with Gasteiger partial charge in [-0.2, -0.15) is 0 Å². The molecule has 0 radical (unpaired) electrons. The van der Waals surface area contributed by atoms with E-state index < -0.39 is 11.8 Å². The number of carbonyl (C=O) groups excluding carboxylic acids is 3. The Labute approximate surface area is 213 Å². The summed E-state index contributed by atoms with van der Waals surface area (Å²) in [6.07, 6.45) is 2.85. The van der Waals surface area contributed by atoms with Crippen LogP contribution in [0.2, 0.25) is 0 Å². The molecule has 9 nitrogen and oxygen atoms in total. The Morgan fingerprint density at radius 3 is 2.68 bits per heavy atom. The average molecular weight is 498 g/mol. The maximum Gasteiger partial charge on any atom is 0.321 e. The Hall–Kier alpha value is -4.66. The van der Waals surface area contributed by atoms with Crippen LogP contribution < -0.4 is 16.2 Å². The number of hydrogen-bond acceptors (Lipinski definition) is 5. The quantitative estimate of drug-likeness (QED) is 0.359. The summed E-state index contributed by atoms with van der Waals surface area (Å²) in [4.78, 5) is 45.0. The highest BCUT2D eigenvalue weighted by molar-refractivity contribution is 6.07. The van der Waals surface area contributed by atoms with Crippen molar-refractivity contribution in [3.63, 3.8) is 0 Å². The third-order valence-electron chi connectivity index (χ3n) is 6.38. The normalized spacial score (nSPS) is 15.3. The van der Waals surface area contributed by atoms with Gasteiger partial charge in [0.1, 0.15) is 5.69 Å². The van der Waals surface area contributed by atoms with E-state index in [9.17, 15) is 14.4 Å². The van der Waals surface area contributed by atoms with Gasteiger partial charge in [0.05, 0.1) is 23.3 Å². The fourth-order valence-corrected chi connectivity index (χ4v) is 4.50. The van der Waals surface area contributed by atoms with Gasteiger partial charge in [0, 0.05) is 24.2 Å². The number of rotatable bonds is 4. The van der Waals surface area contributed by atoms with Crippen molar-refractivity contribution in [1.82, 2.24) is 20.7 Å². The number of pyridine rings is 1. The van der Waals surface area contributed by atoms with Gasteiger partial charge < -0.3 is 14.6 Å². The molecule has 4 aromatic rings. The lowest BCUT2D eigenvalue weighted by atomic mass is 9.97. The molecule has 1 unspecified atom stereocenters. The molecule has 0 spiro atoms. The van der Waals surface area contributed by atoms with E-state index >= 15 is 0 Å². The van der Waals surface area contributed by atoms with Crippen LogP contribution in [-0.2, 0) is 4.79 Å². The van der Waals surface area contributed by atoms with Gasteiger partial charge in [0.2, 0.25) is 5.91 Å². The van der Waals surface area contributed by atoms with Crippen LogP contribution in [0.15, 0.2) is 77.4 Å². The van der Waals surface area contributed by atoms with Crippen LogP contribution in [0.3, 0.4) is 0 Å². The third kappa shape index (κ3) is 5.45. The molecular weight excluding hydrogens is 470 g/mol. The molecule has 1 aliphatic heterocycles. The maximum absolute atomic E-state index is 13.1. The number of carbonyl (C=O) groups is 3. The van der Waals surface area contributed by atoms with Gasteiger partial charge in [-0.05, 0) is 61.7 Å². The minimum atomic E-state index is -0.468. The van der Waals surface area contributed by atoms with Crippen LogP contribution >= 0.6 is 0 Å². The third-order valence-corrected chi connectivity index (χ3v) is 6.38. The van der Waals surface area contributed by atoms with E-state index in [0.29, 0.717) is 53.0 Å². The number of urea groups is 1. The summed E-state index contributed by atoms with van der Waals surface area (Å²) in [5, 5.41) is 3.54. The van der Waals surface area contributed by atoms with E-state index in [4.69, 9.17) is 4.42 Å². The molecule has 1 aliphatic rings. The van der Waals surface area contributed by atoms with Gasteiger partial charge in [-0.1, -0.05) is 30.3 Å². The first-order valence-corrected chi connectivity index (χ1v) is 12.1. The number of para-hydroxylation sites is 1. The molecule has 3 N–H and O–H groups in total. The fourth-order valence-electron chi connectivity index (χ4n) is 4.50. The van der Waals surface area contributed by atoms with Crippen LogP contribution in [0.25, 0.3) is 22.4 Å². The monoisotopic (exact) mass is 497 g/mol. The number of hydrazine groups is 1. The zero-order chi connectivity index (χ0) is 25.8.